The smallest absolute Gasteiger partial charge is 0.257 e. The third-order valence-corrected chi connectivity index (χ3v) is 5.58. The van der Waals surface area contributed by atoms with Gasteiger partial charge in [-0.3, -0.25) is 10.1 Å². The van der Waals surface area contributed by atoms with Crippen LogP contribution in [0.2, 0.25) is 0 Å². The molecule has 0 aliphatic heterocycles. The second-order valence-electron chi connectivity index (χ2n) is 6.76. The second kappa shape index (κ2) is 9.40. The van der Waals surface area contributed by atoms with Crippen molar-refractivity contribution >= 4 is 22.4 Å². The molecule has 4 rings (SSSR count). The zero-order valence-electron chi connectivity index (χ0n) is 17.2. The summed E-state index contributed by atoms with van der Waals surface area (Å²) in [6, 6.07) is 23.3. The monoisotopic (exact) mass is 431 g/mol. The van der Waals surface area contributed by atoms with Gasteiger partial charge in [0.1, 0.15) is 5.01 Å². The summed E-state index contributed by atoms with van der Waals surface area (Å²) in [6.45, 7) is 0. The van der Waals surface area contributed by atoms with Crippen molar-refractivity contribution in [1.29, 1.82) is 0 Å². The highest BCUT2D eigenvalue weighted by Crippen LogP contribution is 2.29. The van der Waals surface area contributed by atoms with E-state index in [2.05, 4.69) is 15.5 Å². The number of nitrogens with one attached hydrogen (secondary N) is 1. The minimum Gasteiger partial charge on any atom is -0.493 e. The zero-order valence-corrected chi connectivity index (χ0v) is 18.0. The van der Waals surface area contributed by atoms with Crippen molar-refractivity contribution in [3.63, 3.8) is 0 Å². The normalized spacial score (nSPS) is 10.5. The van der Waals surface area contributed by atoms with E-state index in [0.717, 1.165) is 21.7 Å². The lowest BCUT2D eigenvalue weighted by molar-refractivity contribution is 0.102. The molecule has 0 saturated heterocycles. The van der Waals surface area contributed by atoms with Crippen molar-refractivity contribution in [2.24, 2.45) is 0 Å². The molecule has 0 spiro atoms. The molecule has 4 aromatic rings. The van der Waals surface area contributed by atoms with Crippen LogP contribution in [0.3, 0.4) is 0 Å². The number of nitrogens with zero attached hydrogens (tertiary/aromatic N) is 2. The number of carbonyl (C=O) groups is 1. The summed E-state index contributed by atoms with van der Waals surface area (Å²) in [5.41, 5.74) is 3.75. The van der Waals surface area contributed by atoms with Gasteiger partial charge in [0.2, 0.25) is 5.13 Å². The zero-order chi connectivity index (χ0) is 21.6. The van der Waals surface area contributed by atoms with Crippen LogP contribution in [0.1, 0.15) is 20.9 Å². The van der Waals surface area contributed by atoms with Crippen LogP contribution in [-0.4, -0.2) is 30.3 Å². The lowest BCUT2D eigenvalue weighted by Gasteiger charge is -2.08. The van der Waals surface area contributed by atoms with Gasteiger partial charge in [0, 0.05) is 12.0 Å². The minimum absolute atomic E-state index is 0.214. The average Bonchev–Trinajstić information content (AvgIpc) is 3.26. The summed E-state index contributed by atoms with van der Waals surface area (Å²) in [6.07, 6.45) is 0.583. The topological polar surface area (TPSA) is 73.3 Å². The van der Waals surface area contributed by atoms with E-state index in [1.807, 2.05) is 72.8 Å². The number of methoxy groups -OCH3 is 2. The molecule has 1 amide bonds. The molecule has 156 valence electrons. The van der Waals surface area contributed by atoms with E-state index < -0.39 is 0 Å². The number of anilines is 1. The maximum Gasteiger partial charge on any atom is 0.257 e. The Hall–Kier alpha value is -3.71. The van der Waals surface area contributed by atoms with Crippen LogP contribution in [0.25, 0.3) is 11.1 Å². The molecule has 0 aliphatic rings. The number of hydrogen-bond donors (Lipinski definition) is 1. The van der Waals surface area contributed by atoms with Gasteiger partial charge in [-0.25, -0.2) is 0 Å². The third kappa shape index (κ3) is 4.90. The Labute approximate surface area is 184 Å². The molecule has 0 bridgehead atoms. The van der Waals surface area contributed by atoms with Crippen LogP contribution in [0.15, 0.2) is 72.8 Å². The van der Waals surface area contributed by atoms with Gasteiger partial charge in [0.05, 0.1) is 14.2 Å². The fourth-order valence-corrected chi connectivity index (χ4v) is 3.92. The fraction of sp³-hybridized carbons (Fsp3) is 0.125. The van der Waals surface area contributed by atoms with Crippen molar-refractivity contribution in [2.75, 3.05) is 19.5 Å². The Morgan fingerprint density at radius 1 is 0.871 bits per heavy atom. The van der Waals surface area contributed by atoms with Crippen LogP contribution in [0.4, 0.5) is 5.13 Å². The van der Waals surface area contributed by atoms with E-state index in [9.17, 15) is 4.79 Å². The van der Waals surface area contributed by atoms with Gasteiger partial charge in [-0.15, -0.1) is 10.2 Å². The molecule has 6 nitrogen and oxygen atoms in total. The molecule has 3 aromatic carbocycles. The van der Waals surface area contributed by atoms with Crippen molar-refractivity contribution < 1.29 is 14.3 Å². The van der Waals surface area contributed by atoms with Gasteiger partial charge >= 0.3 is 0 Å². The van der Waals surface area contributed by atoms with Crippen LogP contribution < -0.4 is 14.8 Å². The van der Waals surface area contributed by atoms with E-state index in [0.29, 0.717) is 28.6 Å². The highest BCUT2D eigenvalue weighted by molar-refractivity contribution is 7.15. The van der Waals surface area contributed by atoms with Crippen LogP contribution in [0.5, 0.6) is 11.5 Å². The molecule has 7 heteroatoms. The van der Waals surface area contributed by atoms with Crippen molar-refractivity contribution in [2.45, 2.75) is 6.42 Å². The van der Waals surface area contributed by atoms with E-state index >= 15 is 0 Å². The fourth-order valence-electron chi connectivity index (χ4n) is 3.15. The van der Waals surface area contributed by atoms with Gasteiger partial charge in [-0.05, 0) is 41.0 Å². The minimum atomic E-state index is -0.214. The van der Waals surface area contributed by atoms with Gasteiger partial charge in [-0.1, -0.05) is 59.9 Å². The Bertz CT molecular complexity index is 1170. The van der Waals surface area contributed by atoms with Gasteiger partial charge in [0.25, 0.3) is 5.91 Å². The molecule has 31 heavy (non-hydrogen) atoms. The highest BCUT2D eigenvalue weighted by atomic mass is 32.1. The Balaban J connectivity index is 1.41. The van der Waals surface area contributed by atoms with Gasteiger partial charge in [0.15, 0.2) is 11.5 Å². The van der Waals surface area contributed by atoms with Crippen molar-refractivity contribution in [3.05, 3.63) is 88.9 Å². The van der Waals surface area contributed by atoms with E-state index in [-0.39, 0.29) is 5.91 Å². The first-order chi connectivity index (χ1) is 15.2. The Morgan fingerprint density at radius 3 is 2.29 bits per heavy atom. The molecule has 1 heterocycles. The van der Waals surface area contributed by atoms with E-state index in [1.165, 1.54) is 11.3 Å². The summed E-state index contributed by atoms with van der Waals surface area (Å²) in [4.78, 5) is 12.6. The Kier molecular flexibility index (Phi) is 6.24. The number of carbonyl (C=O) groups excluding carboxylic acids is 1. The molecule has 0 unspecified atom stereocenters. The largest absolute Gasteiger partial charge is 0.493 e. The first kappa shape index (κ1) is 20.6. The van der Waals surface area contributed by atoms with Crippen molar-refractivity contribution in [1.82, 2.24) is 10.2 Å². The van der Waals surface area contributed by atoms with Crippen LogP contribution in [0, 0.1) is 0 Å². The number of hydrogen-bond acceptors (Lipinski definition) is 6. The predicted octanol–water partition coefficient (Wildman–Crippen LogP) is 5.07. The molecule has 0 saturated carbocycles. The Morgan fingerprint density at radius 2 is 1.58 bits per heavy atom. The molecular formula is C24H21N3O3S. The number of aromatic nitrogens is 2. The first-order valence-electron chi connectivity index (χ1n) is 9.66. The predicted molar refractivity (Wildman–Crippen MR) is 122 cm³/mol. The quantitative estimate of drug-likeness (QED) is 0.442. The van der Waals surface area contributed by atoms with Gasteiger partial charge in [-0.2, -0.15) is 0 Å². The maximum atomic E-state index is 12.6. The molecule has 0 radical (unpaired) electrons. The number of ether oxygens (including phenoxy) is 2. The molecule has 1 aromatic heterocycles. The van der Waals surface area contributed by atoms with E-state index in [4.69, 9.17) is 9.47 Å². The number of benzene rings is 3. The maximum absolute atomic E-state index is 12.6. The second-order valence-corrected chi connectivity index (χ2v) is 7.83. The number of amides is 1. The average molecular weight is 432 g/mol. The SMILES string of the molecule is COc1ccc(Cc2nnc(NC(=O)c3ccc(-c4ccccc4)cc3)s2)cc1OC. The summed E-state index contributed by atoms with van der Waals surface area (Å²) < 4.78 is 10.6. The summed E-state index contributed by atoms with van der Waals surface area (Å²) >= 11 is 1.35. The highest BCUT2D eigenvalue weighted by Gasteiger charge is 2.12. The lowest BCUT2D eigenvalue weighted by Crippen LogP contribution is -2.11. The first-order valence-corrected chi connectivity index (χ1v) is 10.5. The summed E-state index contributed by atoms with van der Waals surface area (Å²) in [5, 5.41) is 12.4. The van der Waals surface area contributed by atoms with Crippen LogP contribution in [-0.2, 0) is 6.42 Å². The lowest BCUT2D eigenvalue weighted by atomic mass is 10.0. The summed E-state index contributed by atoms with van der Waals surface area (Å²) in [7, 11) is 3.21. The number of rotatable bonds is 7. The van der Waals surface area contributed by atoms with E-state index in [1.54, 1.807) is 14.2 Å². The standard InChI is InChI=1S/C24H21N3O3S/c1-29-20-13-8-16(14-21(20)30-2)15-22-26-27-24(31-22)25-23(28)19-11-9-18(10-12-19)17-6-4-3-5-7-17/h3-14H,15H2,1-2H3,(H,25,27,28). The molecular weight excluding hydrogens is 410 g/mol. The molecule has 1 N–H and O–H groups in total. The summed E-state index contributed by atoms with van der Waals surface area (Å²) in [5.74, 6) is 1.13. The molecule has 0 fully saturated rings. The van der Waals surface area contributed by atoms with Gasteiger partial charge < -0.3 is 9.47 Å². The third-order valence-electron chi connectivity index (χ3n) is 4.74. The van der Waals surface area contributed by atoms with Crippen LogP contribution >= 0.6 is 11.3 Å². The van der Waals surface area contributed by atoms with Crippen molar-refractivity contribution in [3.8, 4) is 22.6 Å². The molecule has 0 atom stereocenters. The molecule has 0 aliphatic carbocycles.